The first kappa shape index (κ1) is 19.6. The summed E-state index contributed by atoms with van der Waals surface area (Å²) in [4.78, 5) is 0. The van der Waals surface area contributed by atoms with Crippen molar-refractivity contribution in [2.24, 2.45) is 39.4 Å². The zero-order chi connectivity index (χ0) is 20.1. The molecule has 5 saturated carbocycles. The summed E-state index contributed by atoms with van der Waals surface area (Å²) in [7, 11) is 4.17. The third-order valence-electron chi connectivity index (χ3n) is 11.6. The van der Waals surface area contributed by atoms with Crippen LogP contribution >= 0.6 is 0 Å². The van der Waals surface area contributed by atoms with Gasteiger partial charge in [0, 0.05) is 18.0 Å². The fourth-order valence-corrected chi connectivity index (χ4v) is 10.1. The van der Waals surface area contributed by atoms with Gasteiger partial charge in [-0.3, -0.25) is 0 Å². The lowest BCUT2D eigenvalue weighted by molar-refractivity contribution is -0.120. The number of nitrogens with one attached hydrogen (secondary N) is 2. The van der Waals surface area contributed by atoms with Crippen LogP contribution in [0.1, 0.15) is 72.1 Å². The Hall–Kier alpha value is -0.380. The van der Waals surface area contributed by atoms with E-state index in [4.69, 9.17) is 0 Å². The van der Waals surface area contributed by atoms with Gasteiger partial charge in [-0.25, -0.2) is 0 Å². The van der Waals surface area contributed by atoms with Gasteiger partial charge in [-0.2, -0.15) is 0 Å². The molecule has 5 aliphatic rings. The molecule has 0 bridgehead atoms. The monoisotopic (exact) mass is 386 g/mol. The van der Waals surface area contributed by atoms with E-state index >= 15 is 0 Å². The van der Waals surface area contributed by atoms with Crippen LogP contribution in [-0.4, -0.2) is 37.4 Å². The van der Waals surface area contributed by atoms with Crippen LogP contribution in [0, 0.1) is 39.4 Å². The van der Waals surface area contributed by atoms with Crippen molar-refractivity contribution in [1.29, 1.82) is 0 Å². The average Bonchev–Trinajstić information content (AvgIpc) is 3.27. The average molecular weight is 387 g/mol. The summed E-state index contributed by atoms with van der Waals surface area (Å²) < 4.78 is 0. The Morgan fingerprint density at radius 1 is 1.04 bits per heavy atom. The molecule has 0 amide bonds. The molecule has 0 aromatic heterocycles. The van der Waals surface area contributed by atoms with E-state index < -0.39 is 0 Å². The molecule has 0 aromatic rings. The molecule has 3 heteroatoms. The number of rotatable bonds is 3. The highest BCUT2D eigenvalue weighted by Crippen LogP contribution is 2.87. The van der Waals surface area contributed by atoms with Crippen LogP contribution in [0.15, 0.2) is 12.2 Å². The van der Waals surface area contributed by atoms with Gasteiger partial charge < -0.3 is 15.7 Å². The Labute approximate surface area is 172 Å². The summed E-state index contributed by atoms with van der Waals surface area (Å²) in [6.07, 6.45) is 10.3. The smallest absolute Gasteiger partial charge is 0.0594 e. The second-order valence-corrected chi connectivity index (χ2v) is 11.8. The molecule has 5 rings (SSSR count). The Balaban J connectivity index is 1.51. The summed E-state index contributed by atoms with van der Waals surface area (Å²) in [6, 6.07) is 0.912. The molecule has 158 valence electrons. The minimum absolute atomic E-state index is 0.157. The summed E-state index contributed by atoms with van der Waals surface area (Å²) in [5.41, 5.74) is 3.12. The van der Waals surface area contributed by atoms with Crippen molar-refractivity contribution < 1.29 is 5.11 Å². The van der Waals surface area contributed by atoms with Crippen molar-refractivity contribution in [3.63, 3.8) is 0 Å². The quantitative estimate of drug-likeness (QED) is 0.639. The van der Waals surface area contributed by atoms with Crippen molar-refractivity contribution in [1.82, 2.24) is 10.6 Å². The third kappa shape index (κ3) is 1.98. The largest absolute Gasteiger partial charge is 0.393 e. The van der Waals surface area contributed by atoms with Gasteiger partial charge in [0.2, 0.25) is 0 Å². The van der Waals surface area contributed by atoms with Crippen LogP contribution in [0.3, 0.4) is 0 Å². The molecular weight excluding hydrogens is 344 g/mol. The maximum atomic E-state index is 11.2. The zero-order valence-corrected chi connectivity index (χ0v) is 18.8. The topological polar surface area (TPSA) is 44.3 Å². The highest BCUT2D eigenvalue weighted by molar-refractivity contribution is 5.35. The third-order valence-corrected chi connectivity index (χ3v) is 11.6. The van der Waals surface area contributed by atoms with E-state index in [1.807, 2.05) is 0 Å². The van der Waals surface area contributed by atoms with Gasteiger partial charge in [-0.15, -0.1) is 0 Å². The summed E-state index contributed by atoms with van der Waals surface area (Å²) in [5, 5.41) is 18.2. The highest BCUT2D eigenvalue weighted by atomic mass is 16.3. The highest BCUT2D eigenvalue weighted by Gasteiger charge is 2.81. The molecule has 3 N–H and O–H groups in total. The first-order valence-electron chi connectivity index (χ1n) is 11.9. The van der Waals surface area contributed by atoms with Crippen molar-refractivity contribution in [2.45, 2.75) is 90.3 Å². The van der Waals surface area contributed by atoms with Gasteiger partial charge >= 0.3 is 0 Å². The molecule has 3 unspecified atom stereocenters. The standard InChI is InChI=1S/C25H42N2O/c1-15-17-7-8-20-23(4)13-19(28)21(16(2)26-5)22(23,3)11-12-25(20)14-24(17,25)10-9-18(15)27-6/h16-21,26-28H,1,7-14H2,2-6H3/t16-,17-,18-,19+,20-,21-,22+,23?,24?,25?/m0/s1. The van der Waals surface area contributed by atoms with Gasteiger partial charge in [-0.05, 0) is 106 Å². The first-order chi connectivity index (χ1) is 13.2. The van der Waals surface area contributed by atoms with E-state index in [-0.39, 0.29) is 16.9 Å². The van der Waals surface area contributed by atoms with E-state index in [0.717, 1.165) is 18.3 Å². The molecule has 0 aliphatic heterocycles. The van der Waals surface area contributed by atoms with E-state index in [0.29, 0.717) is 28.8 Å². The number of aliphatic hydroxyl groups excluding tert-OH is 1. The summed E-state index contributed by atoms with van der Waals surface area (Å²) in [6.45, 7) is 12.0. The number of hydrogen-bond donors (Lipinski definition) is 3. The predicted octanol–water partition coefficient (Wildman–Crippen LogP) is 4.12. The molecule has 2 spiro atoms. The van der Waals surface area contributed by atoms with Crippen LogP contribution in [-0.2, 0) is 0 Å². The lowest BCUT2D eigenvalue weighted by Gasteiger charge is -2.61. The second-order valence-electron chi connectivity index (χ2n) is 11.8. The predicted molar refractivity (Wildman–Crippen MR) is 115 cm³/mol. The zero-order valence-electron chi connectivity index (χ0n) is 18.8. The van der Waals surface area contributed by atoms with E-state index in [1.54, 1.807) is 0 Å². The minimum Gasteiger partial charge on any atom is -0.393 e. The first-order valence-corrected chi connectivity index (χ1v) is 11.9. The molecule has 5 fully saturated rings. The van der Waals surface area contributed by atoms with Gasteiger partial charge in [-0.1, -0.05) is 26.0 Å². The number of likely N-dealkylation sites (N-methyl/N-ethyl adjacent to an activating group) is 1. The fraction of sp³-hybridized carbons (Fsp3) is 0.920. The van der Waals surface area contributed by atoms with Crippen LogP contribution in [0.25, 0.3) is 0 Å². The molecule has 10 atom stereocenters. The number of hydrogen-bond acceptors (Lipinski definition) is 3. The fourth-order valence-electron chi connectivity index (χ4n) is 10.1. The summed E-state index contributed by atoms with van der Waals surface area (Å²) >= 11 is 0. The lowest BCUT2D eigenvalue weighted by atomic mass is 9.43. The van der Waals surface area contributed by atoms with E-state index in [1.165, 1.54) is 50.5 Å². The minimum atomic E-state index is -0.157. The maximum Gasteiger partial charge on any atom is 0.0594 e. The normalized spacial score (nSPS) is 58.4. The Morgan fingerprint density at radius 2 is 1.79 bits per heavy atom. The van der Waals surface area contributed by atoms with Crippen molar-refractivity contribution >= 4 is 0 Å². The van der Waals surface area contributed by atoms with Crippen molar-refractivity contribution in [3.05, 3.63) is 12.2 Å². The molecule has 0 heterocycles. The van der Waals surface area contributed by atoms with Crippen LogP contribution in [0.4, 0.5) is 0 Å². The molecular formula is C25H42N2O. The molecule has 28 heavy (non-hydrogen) atoms. The number of aliphatic hydroxyl groups is 1. The molecule has 0 aromatic carbocycles. The van der Waals surface area contributed by atoms with E-state index in [9.17, 15) is 5.11 Å². The van der Waals surface area contributed by atoms with E-state index in [2.05, 4.69) is 52.1 Å². The molecule has 0 saturated heterocycles. The maximum absolute atomic E-state index is 11.2. The van der Waals surface area contributed by atoms with Crippen LogP contribution < -0.4 is 10.6 Å². The van der Waals surface area contributed by atoms with Crippen molar-refractivity contribution in [2.75, 3.05) is 14.1 Å². The second kappa shape index (κ2) is 5.86. The van der Waals surface area contributed by atoms with Crippen LogP contribution in [0.5, 0.6) is 0 Å². The van der Waals surface area contributed by atoms with Gasteiger partial charge in [0.15, 0.2) is 0 Å². The SMILES string of the molecule is C=C1[C@@H](NC)CCC23CC24CC[C@]2(C)[C@@H]([C@H](C)NC)[C@H](O)CC2(C)[C@@H]4CC[C@@H]13. The van der Waals surface area contributed by atoms with Gasteiger partial charge in [0.1, 0.15) is 0 Å². The van der Waals surface area contributed by atoms with Gasteiger partial charge in [0.05, 0.1) is 6.10 Å². The Bertz CT molecular complexity index is 692. The summed E-state index contributed by atoms with van der Waals surface area (Å²) in [5.74, 6) is 1.90. The Morgan fingerprint density at radius 3 is 2.46 bits per heavy atom. The van der Waals surface area contributed by atoms with Crippen molar-refractivity contribution in [3.8, 4) is 0 Å². The van der Waals surface area contributed by atoms with Gasteiger partial charge in [0.25, 0.3) is 0 Å². The molecule has 5 aliphatic carbocycles. The lowest BCUT2D eigenvalue weighted by Crippen LogP contribution is -2.56. The molecule has 3 nitrogen and oxygen atoms in total. The van der Waals surface area contributed by atoms with Crippen LogP contribution in [0.2, 0.25) is 0 Å². The molecule has 0 radical (unpaired) electrons. The Kier molecular flexibility index (Phi) is 4.09. The number of fused-ring (bicyclic) bond motifs is 2.